The number of benzene rings is 1. The standard InChI is InChI=1S/C9H8BrNO3/c10-6-1-2-7(8(5-6)11-12)9-13-3-4-14-9/h1-2,5,9H,3-4H2. The van der Waals surface area contributed by atoms with Crippen molar-refractivity contribution in [3.8, 4) is 0 Å². The van der Waals surface area contributed by atoms with E-state index in [4.69, 9.17) is 9.47 Å². The van der Waals surface area contributed by atoms with Crippen molar-refractivity contribution in [2.24, 2.45) is 5.18 Å². The molecule has 1 fully saturated rings. The largest absolute Gasteiger partial charge is 0.346 e. The first kappa shape index (κ1) is 9.76. The van der Waals surface area contributed by atoms with Gasteiger partial charge in [-0.05, 0) is 17.3 Å². The smallest absolute Gasteiger partial charge is 0.186 e. The molecule has 0 unspecified atom stereocenters. The summed E-state index contributed by atoms with van der Waals surface area (Å²) in [5.74, 6) is 0. The van der Waals surface area contributed by atoms with Crippen LogP contribution in [0.3, 0.4) is 0 Å². The van der Waals surface area contributed by atoms with Gasteiger partial charge in [0.15, 0.2) is 6.29 Å². The van der Waals surface area contributed by atoms with Crippen LogP contribution in [0.2, 0.25) is 0 Å². The summed E-state index contributed by atoms with van der Waals surface area (Å²) in [5, 5.41) is 2.94. The monoisotopic (exact) mass is 257 g/mol. The molecule has 1 aromatic rings. The molecule has 1 saturated heterocycles. The summed E-state index contributed by atoms with van der Waals surface area (Å²) in [6.07, 6.45) is -0.448. The van der Waals surface area contributed by atoms with Gasteiger partial charge in [0.25, 0.3) is 0 Å². The third-order valence-corrected chi connectivity index (χ3v) is 2.46. The van der Waals surface area contributed by atoms with Crippen molar-refractivity contribution in [2.45, 2.75) is 6.29 Å². The number of nitroso groups, excluding NO2 is 1. The molecule has 5 heteroatoms. The number of nitrogens with zero attached hydrogens (tertiary/aromatic N) is 1. The molecule has 0 aromatic heterocycles. The lowest BCUT2D eigenvalue weighted by atomic mass is 10.2. The lowest BCUT2D eigenvalue weighted by Gasteiger charge is -2.10. The Morgan fingerprint density at radius 3 is 2.71 bits per heavy atom. The van der Waals surface area contributed by atoms with Crippen LogP contribution in [0.5, 0.6) is 0 Å². The van der Waals surface area contributed by atoms with E-state index in [0.29, 0.717) is 24.5 Å². The van der Waals surface area contributed by atoms with E-state index in [0.717, 1.165) is 4.47 Å². The zero-order valence-electron chi connectivity index (χ0n) is 7.27. The van der Waals surface area contributed by atoms with E-state index in [1.807, 2.05) is 6.07 Å². The summed E-state index contributed by atoms with van der Waals surface area (Å²) < 4.78 is 11.4. The SMILES string of the molecule is O=Nc1cc(Br)ccc1C1OCCO1. The normalized spacial score (nSPS) is 17.2. The molecule has 1 aliphatic heterocycles. The Hall–Kier alpha value is -0.780. The molecule has 0 spiro atoms. The summed E-state index contributed by atoms with van der Waals surface area (Å²) in [6, 6.07) is 5.25. The number of hydrogen-bond donors (Lipinski definition) is 0. The predicted molar refractivity (Wildman–Crippen MR) is 54.2 cm³/mol. The minimum atomic E-state index is -0.448. The average molecular weight is 258 g/mol. The van der Waals surface area contributed by atoms with Crippen molar-refractivity contribution >= 4 is 21.6 Å². The van der Waals surface area contributed by atoms with Gasteiger partial charge in [-0.3, -0.25) is 0 Å². The molecule has 0 saturated carbocycles. The first-order valence-electron chi connectivity index (χ1n) is 4.17. The third kappa shape index (κ3) is 1.84. The molecule has 1 aliphatic rings. The van der Waals surface area contributed by atoms with E-state index in [1.165, 1.54) is 0 Å². The van der Waals surface area contributed by atoms with Crippen molar-refractivity contribution in [3.63, 3.8) is 0 Å². The first-order chi connectivity index (χ1) is 6.81. The molecule has 1 heterocycles. The van der Waals surface area contributed by atoms with Gasteiger partial charge < -0.3 is 9.47 Å². The molecule has 0 radical (unpaired) electrons. The molecule has 14 heavy (non-hydrogen) atoms. The number of hydrogen-bond acceptors (Lipinski definition) is 4. The minimum absolute atomic E-state index is 0.353. The fourth-order valence-corrected chi connectivity index (χ4v) is 1.68. The lowest BCUT2D eigenvalue weighted by molar-refractivity contribution is -0.0436. The van der Waals surface area contributed by atoms with Gasteiger partial charge in [0, 0.05) is 10.0 Å². The number of halogens is 1. The van der Waals surface area contributed by atoms with Gasteiger partial charge in [0.05, 0.1) is 13.2 Å². The Labute approximate surface area is 89.3 Å². The van der Waals surface area contributed by atoms with Crippen molar-refractivity contribution in [1.82, 2.24) is 0 Å². The molecular weight excluding hydrogens is 250 g/mol. The highest BCUT2D eigenvalue weighted by atomic mass is 79.9. The Kier molecular flexibility index (Phi) is 2.90. The maximum absolute atomic E-state index is 10.6. The second kappa shape index (κ2) is 4.16. The molecular formula is C9H8BrNO3. The van der Waals surface area contributed by atoms with E-state index in [2.05, 4.69) is 21.1 Å². The van der Waals surface area contributed by atoms with Crippen LogP contribution in [-0.2, 0) is 9.47 Å². The van der Waals surface area contributed by atoms with Crippen LogP contribution < -0.4 is 0 Å². The van der Waals surface area contributed by atoms with E-state index >= 15 is 0 Å². The maximum atomic E-state index is 10.6. The van der Waals surface area contributed by atoms with E-state index < -0.39 is 6.29 Å². The first-order valence-corrected chi connectivity index (χ1v) is 4.96. The van der Waals surface area contributed by atoms with Gasteiger partial charge in [-0.15, -0.1) is 4.91 Å². The Bertz CT molecular complexity index is 350. The van der Waals surface area contributed by atoms with Gasteiger partial charge in [-0.1, -0.05) is 22.0 Å². The Morgan fingerprint density at radius 2 is 2.07 bits per heavy atom. The van der Waals surface area contributed by atoms with Crippen molar-refractivity contribution in [2.75, 3.05) is 13.2 Å². The maximum Gasteiger partial charge on any atom is 0.186 e. The zero-order chi connectivity index (χ0) is 9.97. The molecule has 1 aromatic carbocycles. The minimum Gasteiger partial charge on any atom is -0.346 e. The van der Waals surface area contributed by atoms with E-state index in [-0.39, 0.29) is 0 Å². The highest BCUT2D eigenvalue weighted by Crippen LogP contribution is 2.33. The lowest BCUT2D eigenvalue weighted by Crippen LogP contribution is -1.97. The fraction of sp³-hybridized carbons (Fsp3) is 0.333. The number of ether oxygens (including phenoxy) is 2. The second-order valence-electron chi connectivity index (χ2n) is 2.87. The number of rotatable bonds is 2. The quantitative estimate of drug-likeness (QED) is 0.766. The average Bonchev–Trinajstić information content (AvgIpc) is 2.70. The third-order valence-electron chi connectivity index (χ3n) is 1.97. The molecule has 0 aliphatic carbocycles. The topological polar surface area (TPSA) is 47.9 Å². The highest BCUT2D eigenvalue weighted by molar-refractivity contribution is 9.10. The summed E-state index contributed by atoms with van der Waals surface area (Å²) in [6.45, 7) is 1.11. The van der Waals surface area contributed by atoms with Crippen LogP contribution in [0, 0.1) is 4.91 Å². The van der Waals surface area contributed by atoms with Gasteiger partial charge in [0.2, 0.25) is 0 Å². The summed E-state index contributed by atoms with van der Waals surface area (Å²) in [7, 11) is 0. The predicted octanol–water partition coefficient (Wildman–Crippen LogP) is 2.89. The summed E-state index contributed by atoms with van der Waals surface area (Å²) in [5.41, 5.74) is 1.03. The molecule has 0 N–H and O–H groups in total. The van der Waals surface area contributed by atoms with Gasteiger partial charge in [0.1, 0.15) is 5.69 Å². The van der Waals surface area contributed by atoms with Crippen LogP contribution in [0.1, 0.15) is 11.9 Å². The van der Waals surface area contributed by atoms with Crippen molar-refractivity contribution in [3.05, 3.63) is 33.1 Å². The Morgan fingerprint density at radius 1 is 1.36 bits per heavy atom. The molecule has 0 amide bonds. The van der Waals surface area contributed by atoms with Gasteiger partial charge >= 0.3 is 0 Å². The van der Waals surface area contributed by atoms with Crippen molar-refractivity contribution < 1.29 is 9.47 Å². The van der Waals surface area contributed by atoms with E-state index in [1.54, 1.807) is 12.1 Å². The molecule has 4 nitrogen and oxygen atoms in total. The molecule has 74 valence electrons. The van der Waals surface area contributed by atoms with Crippen molar-refractivity contribution in [1.29, 1.82) is 0 Å². The molecule has 0 atom stereocenters. The van der Waals surface area contributed by atoms with Crippen LogP contribution in [0.15, 0.2) is 27.8 Å². The zero-order valence-corrected chi connectivity index (χ0v) is 8.86. The van der Waals surface area contributed by atoms with Crippen LogP contribution in [0.25, 0.3) is 0 Å². The van der Waals surface area contributed by atoms with Crippen LogP contribution in [0.4, 0.5) is 5.69 Å². The summed E-state index contributed by atoms with van der Waals surface area (Å²) in [4.78, 5) is 10.6. The Balaban J connectivity index is 2.35. The fourth-order valence-electron chi connectivity index (χ4n) is 1.33. The van der Waals surface area contributed by atoms with Crippen LogP contribution >= 0.6 is 15.9 Å². The molecule has 0 bridgehead atoms. The van der Waals surface area contributed by atoms with Crippen LogP contribution in [-0.4, -0.2) is 13.2 Å². The highest BCUT2D eigenvalue weighted by Gasteiger charge is 2.21. The summed E-state index contributed by atoms with van der Waals surface area (Å²) >= 11 is 3.27. The second-order valence-corrected chi connectivity index (χ2v) is 3.78. The van der Waals surface area contributed by atoms with E-state index in [9.17, 15) is 4.91 Å². The van der Waals surface area contributed by atoms with Gasteiger partial charge in [-0.25, -0.2) is 0 Å². The van der Waals surface area contributed by atoms with Gasteiger partial charge in [-0.2, -0.15) is 0 Å². The molecule has 2 rings (SSSR count).